The van der Waals surface area contributed by atoms with Crippen LogP contribution in [0.3, 0.4) is 0 Å². The number of hydrogen-bond acceptors (Lipinski definition) is 3. The minimum absolute atomic E-state index is 0.320. The van der Waals surface area contributed by atoms with Crippen molar-refractivity contribution in [2.24, 2.45) is 0 Å². The van der Waals surface area contributed by atoms with Crippen molar-refractivity contribution in [3.8, 4) is 5.75 Å². The average molecular weight is 266 g/mol. The van der Waals surface area contributed by atoms with Gasteiger partial charge in [0.15, 0.2) is 0 Å². The Labute approximate surface area is 114 Å². The predicted octanol–water partition coefficient (Wildman–Crippen LogP) is 2.77. The smallest absolute Gasteiger partial charge is 0.306 e. The highest BCUT2D eigenvalue weighted by Gasteiger charge is 2.34. The van der Waals surface area contributed by atoms with Crippen molar-refractivity contribution < 1.29 is 19.7 Å². The second-order valence-corrected chi connectivity index (χ2v) is 4.99. The van der Waals surface area contributed by atoms with Gasteiger partial charge in [0.1, 0.15) is 11.4 Å². The van der Waals surface area contributed by atoms with E-state index in [-0.39, 0.29) is 6.42 Å². The van der Waals surface area contributed by atoms with Gasteiger partial charge in [-0.3, -0.25) is 4.79 Å². The monoisotopic (exact) mass is 266 g/mol. The highest BCUT2D eigenvalue weighted by atomic mass is 16.5. The van der Waals surface area contributed by atoms with Gasteiger partial charge in [-0.25, -0.2) is 0 Å². The molecule has 0 radical (unpaired) electrons. The molecule has 1 aromatic carbocycles. The van der Waals surface area contributed by atoms with E-state index in [1.165, 1.54) is 7.11 Å². The Morgan fingerprint density at radius 1 is 1.32 bits per heavy atom. The van der Waals surface area contributed by atoms with Gasteiger partial charge in [0.05, 0.1) is 13.5 Å². The van der Waals surface area contributed by atoms with E-state index in [9.17, 15) is 9.90 Å². The van der Waals surface area contributed by atoms with E-state index in [2.05, 4.69) is 0 Å². The van der Waals surface area contributed by atoms with Gasteiger partial charge in [-0.2, -0.15) is 0 Å². The number of hydrogen-bond donors (Lipinski definition) is 2. The summed E-state index contributed by atoms with van der Waals surface area (Å²) in [5.41, 5.74) is 1.23. The number of rotatable bonds is 6. The standard InChI is InChI=1S/C15H22O4/c1-5-6-15(18,9-14(16)17)12-7-10(2)11(3)8-13(12)19-4/h7-8,18H,5-6,9H2,1-4H3,(H,16,17). The fraction of sp³-hybridized carbons (Fsp3) is 0.533. The molecule has 0 saturated heterocycles. The Bertz CT molecular complexity index is 467. The molecule has 0 aromatic heterocycles. The molecule has 0 saturated carbocycles. The molecule has 0 spiro atoms. The lowest BCUT2D eigenvalue weighted by Crippen LogP contribution is -2.29. The Morgan fingerprint density at radius 2 is 1.89 bits per heavy atom. The summed E-state index contributed by atoms with van der Waals surface area (Å²) in [6.07, 6.45) is 0.762. The van der Waals surface area contributed by atoms with Crippen LogP contribution in [0.1, 0.15) is 42.9 Å². The van der Waals surface area contributed by atoms with Gasteiger partial charge in [0, 0.05) is 5.56 Å². The zero-order valence-electron chi connectivity index (χ0n) is 12.0. The van der Waals surface area contributed by atoms with Crippen molar-refractivity contribution >= 4 is 5.97 Å². The number of carbonyl (C=O) groups is 1. The van der Waals surface area contributed by atoms with Gasteiger partial charge in [-0.15, -0.1) is 0 Å². The Kier molecular flexibility index (Phi) is 4.95. The number of aliphatic carboxylic acids is 1. The zero-order chi connectivity index (χ0) is 14.6. The van der Waals surface area contributed by atoms with Gasteiger partial charge in [-0.1, -0.05) is 13.3 Å². The summed E-state index contributed by atoms with van der Waals surface area (Å²) in [6.45, 7) is 5.81. The molecule has 0 aliphatic heterocycles. The molecule has 2 N–H and O–H groups in total. The summed E-state index contributed by atoms with van der Waals surface area (Å²) in [5, 5.41) is 19.7. The van der Waals surface area contributed by atoms with Crippen molar-refractivity contribution in [1.29, 1.82) is 0 Å². The summed E-state index contributed by atoms with van der Waals surface area (Å²) in [5.74, 6) is -0.475. The van der Waals surface area contributed by atoms with Crippen LogP contribution in [-0.2, 0) is 10.4 Å². The second-order valence-electron chi connectivity index (χ2n) is 4.99. The highest BCUT2D eigenvalue weighted by molar-refractivity contribution is 5.69. The topological polar surface area (TPSA) is 66.8 Å². The van der Waals surface area contributed by atoms with Crippen LogP contribution in [-0.4, -0.2) is 23.3 Å². The molecule has 0 bridgehead atoms. The minimum atomic E-state index is -1.38. The van der Waals surface area contributed by atoms with Crippen molar-refractivity contribution in [2.45, 2.75) is 45.6 Å². The molecule has 1 atom stereocenters. The van der Waals surface area contributed by atoms with Crippen LogP contribution in [0.4, 0.5) is 0 Å². The van der Waals surface area contributed by atoms with Crippen LogP contribution < -0.4 is 4.74 Å². The summed E-state index contributed by atoms with van der Waals surface area (Å²) in [4.78, 5) is 11.0. The maximum atomic E-state index is 11.0. The fourth-order valence-corrected chi connectivity index (χ4v) is 2.30. The summed E-state index contributed by atoms with van der Waals surface area (Å²) < 4.78 is 5.30. The van der Waals surface area contributed by atoms with Crippen LogP contribution in [0.25, 0.3) is 0 Å². The lowest BCUT2D eigenvalue weighted by atomic mass is 9.84. The van der Waals surface area contributed by atoms with Gasteiger partial charge in [0.25, 0.3) is 0 Å². The largest absolute Gasteiger partial charge is 0.496 e. The van der Waals surface area contributed by atoms with Crippen molar-refractivity contribution in [1.82, 2.24) is 0 Å². The van der Waals surface area contributed by atoms with Gasteiger partial charge >= 0.3 is 5.97 Å². The van der Waals surface area contributed by atoms with E-state index >= 15 is 0 Å². The fourth-order valence-electron chi connectivity index (χ4n) is 2.30. The number of carboxylic acid groups (broad SMARTS) is 1. The SMILES string of the molecule is CCCC(O)(CC(=O)O)c1cc(C)c(C)cc1OC. The van der Waals surface area contributed by atoms with Crippen LogP contribution >= 0.6 is 0 Å². The van der Waals surface area contributed by atoms with Crippen molar-refractivity contribution in [2.75, 3.05) is 7.11 Å². The van der Waals surface area contributed by atoms with Crippen molar-refractivity contribution in [3.05, 3.63) is 28.8 Å². The number of aryl methyl sites for hydroxylation is 2. The molecule has 4 nitrogen and oxygen atoms in total. The average Bonchev–Trinajstić information content (AvgIpc) is 2.31. The summed E-state index contributed by atoms with van der Waals surface area (Å²) >= 11 is 0. The molecule has 0 fully saturated rings. The minimum Gasteiger partial charge on any atom is -0.496 e. The molecular weight excluding hydrogens is 244 g/mol. The van der Waals surface area contributed by atoms with E-state index in [0.29, 0.717) is 24.2 Å². The number of ether oxygens (including phenoxy) is 1. The third-order valence-electron chi connectivity index (χ3n) is 3.42. The van der Waals surface area contributed by atoms with E-state index in [1.807, 2.05) is 32.9 Å². The third-order valence-corrected chi connectivity index (χ3v) is 3.42. The maximum absolute atomic E-state index is 11.0. The Balaban J connectivity index is 3.36. The molecule has 4 heteroatoms. The van der Waals surface area contributed by atoms with Crippen LogP contribution in [0.5, 0.6) is 5.75 Å². The molecule has 0 amide bonds. The van der Waals surface area contributed by atoms with Crippen LogP contribution in [0.2, 0.25) is 0 Å². The molecule has 0 heterocycles. The van der Waals surface area contributed by atoms with Crippen molar-refractivity contribution in [3.63, 3.8) is 0 Å². The molecule has 1 aromatic rings. The first-order valence-corrected chi connectivity index (χ1v) is 6.44. The number of aliphatic hydroxyl groups is 1. The first-order chi connectivity index (χ1) is 8.84. The van der Waals surface area contributed by atoms with E-state index in [4.69, 9.17) is 9.84 Å². The Hall–Kier alpha value is -1.55. The third kappa shape index (κ3) is 3.47. The molecule has 19 heavy (non-hydrogen) atoms. The number of benzene rings is 1. The first-order valence-electron chi connectivity index (χ1n) is 6.44. The van der Waals surface area contributed by atoms with Gasteiger partial charge < -0.3 is 14.9 Å². The number of carboxylic acids is 1. The van der Waals surface area contributed by atoms with E-state index < -0.39 is 11.6 Å². The van der Waals surface area contributed by atoms with Crippen LogP contribution in [0, 0.1) is 13.8 Å². The van der Waals surface area contributed by atoms with Gasteiger partial charge in [0.2, 0.25) is 0 Å². The highest BCUT2D eigenvalue weighted by Crippen LogP contribution is 2.38. The molecule has 0 aliphatic rings. The molecule has 1 unspecified atom stereocenters. The summed E-state index contributed by atoms with van der Waals surface area (Å²) in [6, 6.07) is 3.67. The van der Waals surface area contributed by atoms with Crippen LogP contribution in [0.15, 0.2) is 12.1 Å². The van der Waals surface area contributed by atoms with E-state index in [1.54, 1.807) is 0 Å². The number of methoxy groups -OCH3 is 1. The molecule has 0 aliphatic carbocycles. The molecule has 1 rings (SSSR count). The lowest BCUT2D eigenvalue weighted by Gasteiger charge is -2.29. The van der Waals surface area contributed by atoms with Gasteiger partial charge in [-0.05, 0) is 43.5 Å². The second kappa shape index (κ2) is 6.06. The zero-order valence-corrected chi connectivity index (χ0v) is 12.0. The molecule has 106 valence electrons. The van der Waals surface area contributed by atoms with E-state index in [0.717, 1.165) is 11.1 Å². The maximum Gasteiger partial charge on any atom is 0.306 e. The normalized spacial score (nSPS) is 13.9. The first kappa shape index (κ1) is 15.5. The quantitative estimate of drug-likeness (QED) is 0.831. The predicted molar refractivity (Wildman–Crippen MR) is 73.5 cm³/mol. The Morgan fingerprint density at radius 3 is 2.37 bits per heavy atom. The lowest BCUT2D eigenvalue weighted by molar-refractivity contribution is -0.143. The molecular formula is C15H22O4. The summed E-state index contributed by atoms with van der Waals surface area (Å²) in [7, 11) is 1.53.